The van der Waals surface area contributed by atoms with Crippen LogP contribution in [0.2, 0.25) is 0 Å². The van der Waals surface area contributed by atoms with Crippen LogP contribution in [-0.2, 0) is 0 Å². The van der Waals surface area contributed by atoms with Crippen molar-refractivity contribution < 1.29 is 15.0 Å². The number of carbonyl (C=O) groups is 1. The number of fused-ring (bicyclic) bond motifs is 1. The highest BCUT2D eigenvalue weighted by atomic mass is 16.4. The fraction of sp³-hybridized carbons (Fsp3) is 0. The second-order valence-electron chi connectivity index (χ2n) is 2.85. The number of hydrogen-bond acceptors (Lipinski definition) is 3. The first-order valence-corrected chi connectivity index (χ1v) is 4.00. The number of nitrogens with zero attached hydrogens (tertiary/aromatic N) is 1. The molecule has 0 radical (unpaired) electrons. The molecule has 2 N–H and O–H groups in total. The molecule has 4 heteroatoms. The van der Waals surface area contributed by atoms with E-state index in [2.05, 4.69) is 4.98 Å². The van der Waals surface area contributed by atoms with E-state index in [0.717, 1.165) is 0 Å². The van der Waals surface area contributed by atoms with Crippen molar-refractivity contribution in [1.29, 1.82) is 0 Å². The van der Waals surface area contributed by atoms with Crippen LogP contribution in [0.4, 0.5) is 0 Å². The molecule has 0 aliphatic rings. The van der Waals surface area contributed by atoms with Crippen molar-refractivity contribution in [3.8, 4) is 5.75 Å². The zero-order chi connectivity index (χ0) is 10.1. The Balaban J connectivity index is 2.73. The lowest BCUT2D eigenvalue weighted by Gasteiger charge is -2.00. The first-order valence-electron chi connectivity index (χ1n) is 4.00. The highest BCUT2D eigenvalue weighted by Crippen LogP contribution is 2.22. The standard InChI is InChI=1S/C10H7NO3/c12-9-3-1-2-7-6(9)4-5-8(11-7)10(13)14/h1-5,12H,(H,13,14). The Labute approximate surface area is 79.4 Å². The van der Waals surface area contributed by atoms with Gasteiger partial charge in [0, 0.05) is 5.39 Å². The minimum absolute atomic E-state index is 0.0249. The Morgan fingerprint density at radius 1 is 1.21 bits per heavy atom. The first-order chi connectivity index (χ1) is 6.68. The van der Waals surface area contributed by atoms with Gasteiger partial charge in [-0.2, -0.15) is 0 Å². The zero-order valence-corrected chi connectivity index (χ0v) is 7.14. The first kappa shape index (κ1) is 8.50. The third-order valence-electron chi connectivity index (χ3n) is 1.93. The molecular formula is C10H7NO3. The van der Waals surface area contributed by atoms with Crippen molar-refractivity contribution in [2.75, 3.05) is 0 Å². The molecule has 1 heterocycles. The van der Waals surface area contributed by atoms with Crippen molar-refractivity contribution in [1.82, 2.24) is 4.98 Å². The van der Waals surface area contributed by atoms with E-state index < -0.39 is 5.97 Å². The quantitative estimate of drug-likeness (QED) is 0.715. The van der Waals surface area contributed by atoms with E-state index in [9.17, 15) is 9.90 Å². The maximum atomic E-state index is 10.6. The molecule has 0 saturated heterocycles. The van der Waals surface area contributed by atoms with Crippen LogP contribution in [0, 0.1) is 0 Å². The number of benzene rings is 1. The molecule has 4 nitrogen and oxygen atoms in total. The van der Waals surface area contributed by atoms with Crippen LogP contribution in [0.25, 0.3) is 10.9 Å². The molecule has 0 atom stereocenters. The monoisotopic (exact) mass is 189 g/mol. The van der Waals surface area contributed by atoms with Gasteiger partial charge in [0.05, 0.1) is 5.52 Å². The molecule has 0 fully saturated rings. The second-order valence-corrected chi connectivity index (χ2v) is 2.85. The average Bonchev–Trinajstić information content (AvgIpc) is 2.17. The molecule has 0 aliphatic heterocycles. The molecule has 0 aliphatic carbocycles. The summed E-state index contributed by atoms with van der Waals surface area (Å²) in [6, 6.07) is 7.72. The predicted octanol–water partition coefficient (Wildman–Crippen LogP) is 1.64. The SMILES string of the molecule is O=C(O)c1ccc2c(O)cccc2n1. The van der Waals surface area contributed by atoms with Crippen molar-refractivity contribution in [2.24, 2.45) is 0 Å². The minimum Gasteiger partial charge on any atom is -0.507 e. The normalized spacial score (nSPS) is 10.3. The third kappa shape index (κ3) is 1.26. The fourth-order valence-corrected chi connectivity index (χ4v) is 1.26. The van der Waals surface area contributed by atoms with E-state index in [4.69, 9.17) is 5.11 Å². The van der Waals surface area contributed by atoms with Crippen molar-refractivity contribution in [3.63, 3.8) is 0 Å². The lowest BCUT2D eigenvalue weighted by atomic mass is 10.2. The lowest BCUT2D eigenvalue weighted by molar-refractivity contribution is 0.0691. The van der Waals surface area contributed by atoms with Crippen LogP contribution >= 0.6 is 0 Å². The van der Waals surface area contributed by atoms with E-state index in [0.29, 0.717) is 10.9 Å². The van der Waals surface area contributed by atoms with Gasteiger partial charge in [-0.25, -0.2) is 9.78 Å². The van der Waals surface area contributed by atoms with Gasteiger partial charge in [-0.3, -0.25) is 0 Å². The van der Waals surface area contributed by atoms with Crippen LogP contribution in [-0.4, -0.2) is 21.2 Å². The van der Waals surface area contributed by atoms with Gasteiger partial charge in [0.2, 0.25) is 0 Å². The summed E-state index contributed by atoms with van der Waals surface area (Å²) in [5.41, 5.74) is 0.452. The number of aromatic carboxylic acids is 1. The van der Waals surface area contributed by atoms with E-state index in [1.807, 2.05) is 0 Å². The van der Waals surface area contributed by atoms with Gasteiger partial charge in [-0.05, 0) is 24.3 Å². The maximum absolute atomic E-state index is 10.6. The van der Waals surface area contributed by atoms with Crippen LogP contribution in [0.1, 0.15) is 10.5 Å². The third-order valence-corrected chi connectivity index (χ3v) is 1.93. The number of phenolic OH excluding ortho intramolecular Hbond substituents is 1. The molecule has 2 rings (SSSR count). The number of phenols is 1. The Bertz CT molecular complexity index is 508. The smallest absolute Gasteiger partial charge is 0.354 e. The minimum atomic E-state index is -1.07. The van der Waals surface area contributed by atoms with Crippen LogP contribution < -0.4 is 0 Å². The van der Waals surface area contributed by atoms with E-state index in [1.165, 1.54) is 12.1 Å². The Kier molecular flexibility index (Phi) is 1.81. The summed E-state index contributed by atoms with van der Waals surface area (Å²) in [6.45, 7) is 0. The van der Waals surface area contributed by atoms with Gasteiger partial charge in [0.25, 0.3) is 0 Å². The van der Waals surface area contributed by atoms with Crippen LogP contribution in [0.3, 0.4) is 0 Å². The predicted molar refractivity (Wildman–Crippen MR) is 50.4 cm³/mol. The number of carboxylic acids is 1. The van der Waals surface area contributed by atoms with Gasteiger partial charge < -0.3 is 10.2 Å². The Morgan fingerprint density at radius 3 is 2.71 bits per heavy atom. The number of carboxylic acid groups (broad SMARTS) is 1. The number of aromatic hydroxyl groups is 1. The molecule has 14 heavy (non-hydrogen) atoms. The van der Waals surface area contributed by atoms with Gasteiger partial charge >= 0.3 is 5.97 Å². The molecule has 0 amide bonds. The Morgan fingerprint density at radius 2 is 2.00 bits per heavy atom. The molecule has 70 valence electrons. The zero-order valence-electron chi connectivity index (χ0n) is 7.14. The summed E-state index contributed by atoms with van der Waals surface area (Å²) in [4.78, 5) is 14.5. The Hall–Kier alpha value is -2.10. The number of pyridine rings is 1. The van der Waals surface area contributed by atoms with Crippen LogP contribution in [0.5, 0.6) is 5.75 Å². The van der Waals surface area contributed by atoms with E-state index in [1.54, 1.807) is 18.2 Å². The number of hydrogen-bond donors (Lipinski definition) is 2. The maximum Gasteiger partial charge on any atom is 0.354 e. The molecular weight excluding hydrogens is 182 g/mol. The molecule has 2 aromatic rings. The van der Waals surface area contributed by atoms with Gasteiger partial charge in [0.15, 0.2) is 0 Å². The van der Waals surface area contributed by atoms with E-state index in [-0.39, 0.29) is 11.4 Å². The highest BCUT2D eigenvalue weighted by Gasteiger charge is 2.06. The highest BCUT2D eigenvalue weighted by molar-refractivity contribution is 5.91. The molecule has 0 spiro atoms. The van der Waals surface area contributed by atoms with Crippen molar-refractivity contribution in [3.05, 3.63) is 36.0 Å². The second kappa shape index (κ2) is 2.99. The van der Waals surface area contributed by atoms with Gasteiger partial charge in [0.1, 0.15) is 11.4 Å². The summed E-state index contributed by atoms with van der Waals surface area (Å²) >= 11 is 0. The fourth-order valence-electron chi connectivity index (χ4n) is 1.26. The summed E-state index contributed by atoms with van der Waals surface area (Å²) in [7, 11) is 0. The van der Waals surface area contributed by atoms with Gasteiger partial charge in [-0.15, -0.1) is 0 Å². The molecule has 0 unspecified atom stereocenters. The van der Waals surface area contributed by atoms with E-state index >= 15 is 0 Å². The molecule has 0 bridgehead atoms. The number of aromatic nitrogens is 1. The molecule has 1 aromatic carbocycles. The summed E-state index contributed by atoms with van der Waals surface area (Å²) < 4.78 is 0. The molecule has 0 saturated carbocycles. The summed E-state index contributed by atoms with van der Waals surface area (Å²) in [6.07, 6.45) is 0. The number of rotatable bonds is 1. The topological polar surface area (TPSA) is 70.4 Å². The average molecular weight is 189 g/mol. The summed E-state index contributed by atoms with van der Waals surface area (Å²) in [5.74, 6) is -0.970. The lowest BCUT2D eigenvalue weighted by Crippen LogP contribution is -1.99. The largest absolute Gasteiger partial charge is 0.507 e. The summed E-state index contributed by atoms with van der Waals surface area (Å²) in [5, 5.41) is 18.7. The van der Waals surface area contributed by atoms with Crippen LogP contribution in [0.15, 0.2) is 30.3 Å². The van der Waals surface area contributed by atoms with Gasteiger partial charge in [-0.1, -0.05) is 6.07 Å². The molecule has 1 aromatic heterocycles. The van der Waals surface area contributed by atoms with Crippen molar-refractivity contribution in [2.45, 2.75) is 0 Å². The van der Waals surface area contributed by atoms with Crippen molar-refractivity contribution >= 4 is 16.9 Å².